The number of ether oxygens (including phenoxy) is 1. The molecule has 9 heteroatoms. The van der Waals surface area contributed by atoms with Gasteiger partial charge in [0.1, 0.15) is 6.54 Å². The summed E-state index contributed by atoms with van der Waals surface area (Å²) >= 11 is 0. The van der Waals surface area contributed by atoms with Crippen LogP contribution in [0.25, 0.3) is 11.3 Å². The molecule has 1 aliphatic heterocycles. The minimum atomic E-state index is -0.621. The van der Waals surface area contributed by atoms with Gasteiger partial charge in [0.15, 0.2) is 0 Å². The Morgan fingerprint density at radius 2 is 1.67 bits per heavy atom. The standard InChI is InChI=1S/C27H24N4O5/c1-16(32)31(15-23(28)33)20-11-9-19(10-12-20)29-25(17-6-4-3-5-7-17)24-21-13-8-18(27(35)36-2)14-22(21)30-26(24)34/h3-14,29H,15H2,1-2H3,(H2,28,33)(H,30,34). The summed E-state index contributed by atoms with van der Waals surface area (Å²) in [4.78, 5) is 49.6. The fourth-order valence-corrected chi connectivity index (χ4v) is 3.96. The van der Waals surface area contributed by atoms with Gasteiger partial charge >= 0.3 is 5.97 Å². The molecule has 4 rings (SSSR count). The van der Waals surface area contributed by atoms with Crippen LogP contribution in [0.3, 0.4) is 0 Å². The molecular formula is C27H24N4O5. The van der Waals surface area contributed by atoms with Crippen LogP contribution in [0.2, 0.25) is 0 Å². The average molecular weight is 485 g/mol. The molecule has 0 fully saturated rings. The minimum Gasteiger partial charge on any atom is -0.465 e. The van der Waals surface area contributed by atoms with Gasteiger partial charge in [-0.25, -0.2) is 4.79 Å². The van der Waals surface area contributed by atoms with E-state index in [-0.39, 0.29) is 18.4 Å². The third-order valence-corrected chi connectivity index (χ3v) is 5.64. The maximum atomic E-state index is 13.1. The second-order valence-electron chi connectivity index (χ2n) is 8.07. The highest BCUT2D eigenvalue weighted by molar-refractivity contribution is 6.37. The highest BCUT2D eigenvalue weighted by atomic mass is 16.5. The first-order chi connectivity index (χ1) is 17.3. The Hall–Kier alpha value is -4.92. The molecule has 9 nitrogen and oxygen atoms in total. The lowest BCUT2D eigenvalue weighted by atomic mass is 9.99. The molecule has 0 saturated carbocycles. The van der Waals surface area contributed by atoms with Crippen LogP contribution in [0, 0.1) is 0 Å². The van der Waals surface area contributed by atoms with E-state index in [1.807, 2.05) is 30.3 Å². The van der Waals surface area contributed by atoms with Gasteiger partial charge in [-0.05, 0) is 42.0 Å². The van der Waals surface area contributed by atoms with Crippen LogP contribution < -0.4 is 21.3 Å². The average Bonchev–Trinajstić information content (AvgIpc) is 3.20. The summed E-state index contributed by atoms with van der Waals surface area (Å²) in [6.07, 6.45) is 0. The largest absolute Gasteiger partial charge is 0.465 e. The van der Waals surface area contributed by atoms with Crippen LogP contribution in [0.15, 0.2) is 72.8 Å². The van der Waals surface area contributed by atoms with Crippen molar-refractivity contribution in [3.05, 3.63) is 89.5 Å². The predicted molar refractivity (Wildman–Crippen MR) is 137 cm³/mol. The fourth-order valence-electron chi connectivity index (χ4n) is 3.96. The Bertz CT molecular complexity index is 1380. The Kier molecular flexibility index (Phi) is 6.82. The molecule has 0 atom stereocenters. The Morgan fingerprint density at radius 3 is 2.28 bits per heavy atom. The number of carbonyl (C=O) groups is 4. The van der Waals surface area contributed by atoms with Crippen molar-refractivity contribution in [1.29, 1.82) is 0 Å². The zero-order valence-corrected chi connectivity index (χ0v) is 19.7. The molecule has 182 valence electrons. The van der Waals surface area contributed by atoms with Crippen molar-refractivity contribution in [3.8, 4) is 0 Å². The third-order valence-electron chi connectivity index (χ3n) is 5.64. The molecule has 0 unspecified atom stereocenters. The minimum absolute atomic E-state index is 0.230. The van der Waals surface area contributed by atoms with Gasteiger partial charge < -0.3 is 26.0 Å². The molecule has 0 bridgehead atoms. The number of rotatable bonds is 7. The summed E-state index contributed by atoms with van der Waals surface area (Å²) in [5, 5.41) is 6.15. The van der Waals surface area contributed by atoms with E-state index in [0.29, 0.717) is 39.5 Å². The summed E-state index contributed by atoms with van der Waals surface area (Å²) in [6, 6.07) is 21.1. The normalized spacial score (nSPS) is 13.3. The van der Waals surface area contributed by atoms with E-state index in [0.717, 1.165) is 5.56 Å². The van der Waals surface area contributed by atoms with E-state index in [4.69, 9.17) is 10.5 Å². The van der Waals surface area contributed by atoms with Crippen LogP contribution in [-0.2, 0) is 19.1 Å². The first kappa shape index (κ1) is 24.2. The van der Waals surface area contributed by atoms with Crippen molar-refractivity contribution in [2.45, 2.75) is 6.92 Å². The lowest BCUT2D eigenvalue weighted by Gasteiger charge is -2.20. The van der Waals surface area contributed by atoms with E-state index < -0.39 is 11.9 Å². The second-order valence-corrected chi connectivity index (χ2v) is 8.07. The number of anilines is 3. The zero-order valence-electron chi connectivity index (χ0n) is 19.7. The van der Waals surface area contributed by atoms with E-state index in [9.17, 15) is 19.2 Å². The number of hydrogen-bond acceptors (Lipinski definition) is 6. The van der Waals surface area contributed by atoms with Gasteiger partial charge in [0.2, 0.25) is 11.8 Å². The molecule has 3 aromatic carbocycles. The van der Waals surface area contributed by atoms with Crippen LogP contribution in [0.5, 0.6) is 0 Å². The third kappa shape index (κ3) is 4.95. The first-order valence-corrected chi connectivity index (χ1v) is 11.1. The molecule has 1 aliphatic rings. The van der Waals surface area contributed by atoms with E-state index in [1.54, 1.807) is 42.5 Å². The molecule has 3 aromatic rings. The number of nitrogens with two attached hydrogens (primary N) is 1. The van der Waals surface area contributed by atoms with Crippen molar-refractivity contribution in [3.63, 3.8) is 0 Å². The number of carbonyl (C=O) groups excluding carboxylic acids is 4. The highest BCUT2D eigenvalue weighted by Crippen LogP contribution is 2.38. The number of nitrogens with one attached hydrogen (secondary N) is 2. The Labute approximate surface area is 207 Å². The van der Waals surface area contributed by atoms with Crippen LogP contribution in [0.1, 0.15) is 28.4 Å². The van der Waals surface area contributed by atoms with E-state index >= 15 is 0 Å². The molecule has 1 heterocycles. The molecule has 36 heavy (non-hydrogen) atoms. The number of fused-ring (bicyclic) bond motifs is 1. The molecule has 0 aliphatic carbocycles. The van der Waals surface area contributed by atoms with Gasteiger partial charge in [-0.3, -0.25) is 14.4 Å². The maximum Gasteiger partial charge on any atom is 0.337 e. The van der Waals surface area contributed by atoms with Gasteiger partial charge in [0.05, 0.1) is 29.6 Å². The molecule has 3 amide bonds. The summed E-state index contributed by atoms with van der Waals surface area (Å²) in [6.45, 7) is 1.13. The van der Waals surface area contributed by atoms with Gasteiger partial charge in [-0.1, -0.05) is 36.4 Å². The van der Waals surface area contributed by atoms with Crippen molar-refractivity contribution in [2.24, 2.45) is 5.73 Å². The lowest BCUT2D eigenvalue weighted by molar-refractivity contribution is -0.121. The topological polar surface area (TPSA) is 131 Å². The quantitative estimate of drug-likeness (QED) is 0.349. The molecule has 0 saturated heterocycles. The highest BCUT2D eigenvalue weighted by Gasteiger charge is 2.29. The SMILES string of the molecule is COC(=O)c1ccc2c(c1)NC(=O)C2=C(Nc1ccc(N(CC(N)=O)C(C)=O)cc1)c1ccccc1. The van der Waals surface area contributed by atoms with Gasteiger partial charge in [0, 0.05) is 23.9 Å². The smallest absolute Gasteiger partial charge is 0.337 e. The zero-order chi connectivity index (χ0) is 25.8. The van der Waals surface area contributed by atoms with Crippen molar-refractivity contribution in [2.75, 3.05) is 29.2 Å². The molecule has 0 aromatic heterocycles. The molecule has 4 N–H and O–H groups in total. The van der Waals surface area contributed by atoms with Crippen LogP contribution in [0.4, 0.5) is 17.1 Å². The predicted octanol–water partition coefficient (Wildman–Crippen LogP) is 3.24. The monoisotopic (exact) mass is 484 g/mol. The van der Waals surface area contributed by atoms with Gasteiger partial charge in [0.25, 0.3) is 5.91 Å². The van der Waals surface area contributed by atoms with Crippen molar-refractivity contribution >= 4 is 52.0 Å². The maximum absolute atomic E-state index is 13.1. The van der Waals surface area contributed by atoms with Crippen LogP contribution in [-0.4, -0.2) is 37.3 Å². The lowest BCUT2D eigenvalue weighted by Crippen LogP contribution is -2.37. The summed E-state index contributed by atoms with van der Waals surface area (Å²) in [5.41, 5.74) is 9.66. The number of primary amides is 1. The number of benzene rings is 3. The van der Waals surface area contributed by atoms with E-state index in [2.05, 4.69) is 10.6 Å². The summed E-state index contributed by atoms with van der Waals surface area (Å²) < 4.78 is 4.78. The first-order valence-electron chi connectivity index (χ1n) is 11.1. The summed E-state index contributed by atoms with van der Waals surface area (Å²) in [7, 11) is 1.30. The van der Waals surface area contributed by atoms with Gasteiger partial charge in [-0.2, -0.15) is 0 Å². The Morgan fingerprint density at radius 1 is 0.972 bits per heavy atom. The van der Waals surface area contributed by atoms with Gasteiger partial charge in [-0.15, -0.1) is 0 Å². The second kappa shape index (κ2) is 10.1. The van der Waals surface area contributed by atoms with Crippen molar-refractivity contribution < 1.29 is 23.9 Å². The molecule has 0 spiro atoms. The summed E-state index contributed by atoms with van der Waals surface area (Å²) in [5.74, 6) is -1.75. The Balaban J connectivity index is 1.75. The fraction of sp³-hybridized carbons (Fsp3) is 0.111. The van der Waals surface area contributed by atoms with Crippen molar-refractivity contribution in [1.82, 2.24) is 0 Å². The molecule has 0 radical (unpaired) electrons. The number of nitrogens with zero attached hydrogens (tertiary/aromatic N) is 1. The van der Waals surface area contributed by atoms with E-state index in [1.165, 1.54) is 18.9 Å². The number of amides is 3. The number of esters is 1. The van der Waals surface area contributed by atoms with Crippen LogP contribution >= 0.6 is 0 Å². The molecular weight excluding hydrogens is 460 g/mol. The number of hydrogen-bond donors (Lipinski definition) is 3. The number of methoxy groups -OCH3 is 1.